The molecule has 0 radical (unpaired) electrons. The Morgan fingerprint density at radius 2 is 2.11 bits per heavy atom. The van der Waals surface area contributed by atoms with E-state index in [4.69, 9.17) is 10.5 Å². The molecule has 1 amide bonds. The van der Waals surface area contributed by atoms with Gasteiger partial charge >= 0.3 is 0 Å². The van der Waals surface area contributed by atoms with Crippen molar-refractivity contribution in [1.82, 2.24) is 4.72 Å². The number of amides is 1. The Labute approximate surface area is 105 Å². The van der Waals surface area contributed by atoms with Crippen molar-refractivity contribution < 1.29 is 17.9 Å². The second-order valence-electron chi connectivity index (χ2n) is 4.12. The number of methoxy groups -OCH3 is 1. The summed E-state index contributed by atoms with van der Waals surface area (Å²) < 4.78 is 31.4. The standard InChI is InChI=1S/C11H14N2O4S/c1-17-10-5-4-8(6-9(10)11(12)14)18(15,16)13-7-2-3-7/h4-7,13H,2-3H2,1H3,(H2,12,14). The fourth-order valence-corrected chi connectivity index (χ4v) is 2.87. The fraction of sp³-hybridized carbons (Fsp3) is 0.364. The van der Waals surface area contributed by atoms with Crippen molar-refractivity contribution >= 4 is 15.9 Å². The molecule has 0 aliphatic heterocycles. The molecule has 98 valence electrons. The molecule has 0 atom stereocenters. The van der Waals surface area contributed by atoms with Crippen molar-refractivity contribution in [2.24, 2.45) is 5.73 Å². The summed E-state index contributed by atoms with van der Waals surface area (Å²) in [7, 11) is -2.20. The molecule has 0 aromatic heterocycles. The highest BCUT2D eigenvalue weighted by molar-refractivity contribution is 7.89. The number of hydrogen-bond donors (Lipinski definition) is 2. The van der Waals surface area contributed by atoms with E-state index in [0.29, 0.717) is 0 Å². The SMILES string of the molecule is COc1ccc(S(=O)(=O)NC2CC2)cc1C(N)=O. The molecule has 0 unspecified atom stereocenters. The van der Waals surface area contributed by atoms with E-state index in [-0.39, 0.29) is 22.3 Å². The Morgan fingerprint density at radius 1 is 1.44 bits per heavy atom. The molecule has 6 nitrogen and oxygen atoms in total. The third-order valence-corrected chi connectivity index (χ3v) is 4.16. The van der Waals surface area contributed by atoms with Crippen LogP contribution >= 0.6 is 0 Å². The number of benzene rings is 1. The molecule has 1 saturated carbocycles. The highest BCUT2D eigenvalue weighted by Crippen LogP contribution is 2.25. The minimum Gasteiger partial charge on any atom is -0.496 e. The van der Waals surface area contributed by atoms with Gasteiger partial charge in [0.25, 0.3) is 5.91 Å². The summed E-state index contributed by atoms with van der Waals surface area (Å²) in [6.07, 6.45) is 1.69. The summed E-state index contributed by atoms with van der Waals surface area (Å²) in [6, 6.07) is 4.04. The largest absolute Gasteiger partial charge is 0.496 e. The van der Waals surface area contributed by atoms with E-state index in [0.717, 1.165) is 12.8 Å². The van der Waals surface area contributed by atoms with Crippen LogP contribution in [0.25, 0.3) is 0 Å². The Kier molecular flexibility index (Phi) is 3.27. The molecule has 1 fully saturated rings. The molecule has 0 saturated heterocycles. The first kappa shape index (κ1) is 12.8. The van der Waals surface area contributed by atoms with Gasteiger partial charge in [-0.15, -0.1) is 0 Å². The maximum absolute atomic E-state index is 12.0. The number of primary amides is 1. The van der Waals surface area contributed by atoms with Crippen LogP contribution in [-0.4, -0.2) is 27.5 Å². The van der Waals surface area contributed by atoms with Gasteiger partial charge in [-0.05, 0) is 31.0 Å². The molecule has 1 aromatic carbocycles. The molecule has 7 heteroatoms. The van der Waals surface area contributed by atoms with Gasteiger partial charge in [0.15, 0.2) is 0 Å². The van der Waals surface area contributed by atoms with Gasteiger partial charge in [-0.25, -0.2) is 13.1 Å². The van der Waals surface area contributed by atoms with Crippen LogP contribution in [0.15, 0.2) is 23.1 Å². The van der Waals surface area contributed by atoms with Crippen LogP contribution in [-0.2, 0) is 10.0 Å². The first-order valence-corrected chi connectivity index (χ1v) is 6.92. The van der Waals surface area contributed by atoms with E-state index in [1.807, 2.05) is 0 Å². The van der Waals surface area contributed by atoms with Crippen molar-refractivity contribution in [3.05, 3.63) is 23.8 Å². The minimum absolute atomic E-state index is 0.00845. The van der Waals surface area contributed by atoms with Crippen molar-refractivity contribution in [3.8, 4) is 5.75 Å². The van der Waals surface area contributed by atoms with Crippen LogP contribution in [0.1, 0.15) is 23.2 Å². The lowest BCUT2D eigenvalue weighted by Crippen LogP contribution is -2.26. The predicted octanol–water partition coefficient (Wildman–Crippen LogP) is 0.235. The number of sulfonamides is 1. The zero-order valence-electron chi connectivity index (χ0n) is 9.84. The summed E-state index contributed by atoms with van der Waals surface area (Å²) in [4.78, 5) is 11.2. The molecule has 3 N–H and O–H groups in total. The van der Waals surface area contributed by atoms with Crippen LogP contribution in [0.4, 0.5) is 0 Å². The molecule has 0 bridgehead atoms. The summed E-state index contributed by atoms with van der Waals surface area (Å²) >= 11 is 0. The smallest absolute Gasteiger partial charge is 0.252 e. The van der Waals surface area contributed by atoms with E-state index < -0.39 is 15.9 Å². The molecular weight excluding hydrogens is 256 g/mol. The minimum atomic E-state index is -3.59. The normalized spacial score (nSPS) is 15.4. The third kappa shape index (κ3) is 2.62. The number of nitrogens with one attached hydrogen (secondary N) is 1. The van der Waals surface area contributed by atoms with Gasteiger partial charge in [0.2, 0.25) is 10.0 Å². The van der Waals surface area contributed by atoms with E-state index >= 15 is 0 Å². The topological polar surface area (TPSA) is 98.5 Å². The van der Waals surface area contributed by atoms with Gasteiger partial charge in [0, 0.05) is 6.04 Å². The van der Waals surface area contributed by atoms with Crippen LogP contribution in [0.3, 0.4) is 0 Å². The van der Waals surface area contributed by atoms with Crippen molar-refractivity contribution in [3.63, 3.8) is 0 Å². The summed E-state index contributed by atoms with van der Waals surface area (Å²) in [5, 5.41) is 0. The molecule has 1 aliphatic carbocycles. The zero-order valence-corrected chi connectivity index (χ0v) is 10.7. The predicted molar refractivity (Wildman–Crippen MR) is 64.9 cm³/mol. The molecule has 0 heterocycles. The second-order valence-corrected chi connectivity index (χ2v) is 5.84. The van der Waals surface area contributed by atoms with Gasteiger partial charge in [-0.3, -0.25) is 4.79 Å². The van der Waals surface area contributed by atoms with Gasteiger partial charge in [0.05, 0.1) is 17.6 Å². The quantitative estimate of drug-likeness (QED) is 0.800. The van der Waals surface area contributed by atoms with Crippen LogP contribution < -0.4 is 15.2 Å². The third-order valence-electron chi connectivity index (χ3n) is 2.65. The molecule has 2 rings (SSSR count). The lowest BCUT2D eigenvalue weighted by atomic mass is 10.2. The van der Waals surface area contributed by atoms with Gasteiger partial charge in [-0.1, -0.05) is 0 Å². The van der Waals surface area contributed by atoms with Crippen LogP contribution in [0.2, 0.25) is 0 Å². The van der Waals surface area contributed by atoms with Gasteiger partial charge in [-0.2, -0.15) is 0 Å². The van der Waals surface area contributed by atoms with Crippen molar-refractivity contribution in [2.45, 2.75) is 23.8 Å². The Bertz CT molecular complexity index is 579. The number of carbonyl (C=O) groups excluding carboxylic acids is 1. The molecule has 18 heavy (non-hydrogen) atoms. The van der Waals surface area contributed by atoms with E-state index in [2.05, 4.69) is 4.72 Å². The lowest BCUT2D eigenvalue weighted by Gasteiger charge is -2.09. The molecular formula is C11H14N2O4S. The number of ether oxygens (including phenoxy) is 1. The van der Waals surface area contributed by atoms with Crippen LogP contribution in [0, 0.1) is 0 Å². The monoisotopic (exact) mass is 270 g/mol. The summed E-state index contributed by atoms with van der Waals surface area (Å²) in [5.41, 5.74) is 5.23. The maximum atomic E-state index is 12.0. The Hall–Kier alpha value is -1.60. The van der Waals surface area contributed by atoms with E-state index in [9.17, 15) is 13.2 Å². The second kappa shape index (κ2) is 4.58. The van der Waals surface area contributed by atoms with E-state index in [1.54, 1.807) is 0 Å². The Balaban J connectivity index is 2.39. The average molecular weight is 270 g/mol. The first-order chi connectivity index (χ1) is 8.44. The summed E-state index contributed by atoms with van der Waals surface area (Å²) in [5.74, 6) is -0.469. The highest BCUT2D eigenvalue weighted by atomic mass is 32.2. The van der Waals surface area contributed by atoms with Gasteiger partial charge < -0.3 is 10.5 Å². The molecule has 1 aromatic rings. The number of rotatable bonds is 5. The molecule has 1 aliphatic rings. The lowest BCUT2D eigenvalue weighted by molar-refractivity contribution is 0.0997. The average Bonchev–Trinajstić information content (AvgIpc) is 3.11. The highest BCUT2D eigenvalue weighted by Gasteiger charge is 2.28. The number of carbonyl (C=O) groups is 1. The van der Waals surface area contributed by atoms with Crippen molar-refractivity contribution in [1.29, 1.82) is 0 Å². The molecule has 0 spiro atoms. The number of nitrogens with two attached hydrogens (primary N) is 1. The Morgan fingerprint density at radius 3 is 2.61 bits per heavy atom. The van der Waals surface area contributed by atoms with Crippen molar-refractivity contribution in [2.75, 3.05) is 7.11 Å². The van der Waals surface area contributed by atoms with E-state index in [1.165, 1.54) is 25.3 Å². The van der Waals surface area contributed by atoms with Crippen LogP contribution in [0.5, 0.6) is 5.75 Å². The first-order valence-electron chi connectivity index (χ1n) is 5.44. The maximum Gasteiger partial charge on any atom is 0.252 e. The zero-order chi connectivity index (χ0) is 13.3. The summed E-state index contributed by atoms with van der Waals surface area (Å²) in [6.45, 7) is 0. The number of hydrogen-bond acceptors (Lipinski definition) is 4. The fourth-order valence-electron chi connectivity index (χ4n) is 1.54. The van der Waals surface area contributed by atoms with Gasteiger partial charge in [0.1, 0.15) is 5.75 Å².